The van der Waals surface area contributed by atoms with Crippen LogP contribution in [0.5, 0.6) is 5.75 Å². The minimum absolute atomic E-state index is 0.216. The van der Waals surface area contributed by atoms with Gasteiger partial charge in [0.25, 0.3) is 5.91 Å². The van der Waals surface area contributed by atoms with E-state index in [0.717, 1.165) is 11.3 Å². The highest BCUT2D eigenvalue weighted by molar-refractivity contribution is 6.04. The maximum atomic E-state index is 12.2. The Morgan fingerprint density at radius 3 is 2.60 bits per heavy atom. The molecule has 0 aliphatic rings. The predicted molar refractivity (Wildman–Crippen MR) is 79.1 cm³/mol. The van der Waals surface area contributed by atoms with Crippen molar-refractivity contribution in [1.29, 1.82) is 0 Å². The molecule has 20 heavy (non-hydrogen) atoms. The number of aryl methyl sites for hydroxylation is 2. The van der Waals surface area contributed by atoms with E-state index in [1.54, 1.807) is 32.2 Å². The number of pyridine rings is 1. The van der Waals surface area contributed by atoms with Crippen molar-refractivity contribution >= 4 is 17.4 Å². The van der Waals surface area contributed by atoms with Crippen LogP contribution in [0.25, 0.3) is 0 Å². The molecule has 0 saturated carbocycles. The minimum Gasteiger partial charge on any atom is -0.496 e. The Morgan fingerprint density at radius 2 is 2.00 bits per heavy atom. The number of rotatable bonds is 3. The van der Waals surface area contributed by atoms with Gasteiger partial charge in [-0.2, -0.15) is 0 Å². The molecule has 2 rings (SSSR count). The summed E-state index contributed by atoms with van der Waals surface area (Å²) in [5.74, 6) is 0.903. The smallest absolute Gasteiger partial charge is 0.255 e. The second-order valence-corrected chi connectivity index (χ2v) is 4.56. The molecule has 0 radical (unpaired) electrons. The number of methoxy groups -OCH3 is 1. The van der Waals surface area contributed by atoms with Crippen molar-refractivity contribution in [3.8, 4) is 5.75 Å². The average Bonchev–Trinajstić information content (AvgIpc) is 2.37. The largest absolute Gasteiger partial charge is 0.496 e. The Labute approximate surface area is 117 Å². The van der Waals surface area contributed by atoms with E-state index < -0.39 is 0 Å². The van der Waals surface area contributed by atoms with Gasteiger partial charge in [-0.1, -0.05) is 0 Å². The molecule has 1 aromatic heterocycles. The Kier molecular flexibility index (Phi) is 3.89. The third-order valence-corrected chi connectivity index (χ3v) is 2.89. The van der Waals surface area contributed by atoms with Gasteiger partial charge in [0.1, 0.15) is 11.6 Å². The van der Waals surface area contributed by atoms with Crippen LogP contribution in [0.4, 0.5) is 11.5 Å². The molecule has 0 aliphatic heterocycles. The number of benzene rings is 1. The van der Waals surface area contributed by atoms with Crippen molar-refractivity contribution in [2.45, 2.75) is 13.8 Å². The molecular weight excluding hydrogens is 254 g/mol. The third kappa shape index (κ3) is 3.06. The van der Waals surface area contributed by atoms with Crippen LogP contribution >= 0.6 is 0 Å². The first-order chi connectivity index (χ1) is 9.49. The van der Waals surface area contributed by atoms with Gasteiger partial charge in [-0.3, -0.25) is 4.79 Å². The number of nitrogens with zero attached hydrogens (tertiary/aromatic N) is 1. The van der Waals surface area contributed by atoms with Gasteiger partial charge in [0.15, 0.2) is 0 Å². The fraction of sp³-hybridized carbons (Fsp3) is 0.200. The fourth-order valence-corrected chi connectivity index (χ4v) is 1.98. The zero-order valence-electron chi connectivity index (χ0n) is 11.7. The Bertz CT molecular complexity index is 633. The van der Waals surface area contributed by atoms with E-state index in [-0.39, 0.29) is 5.91 Å². The van der Waals surface area contributed by atoms with E-state index in [0.29, 0.717) is 22.8 Å². The van der Waals surface area contributed by atoms with Crippen molar-refractivity contribution in [3.63, 3.8) is 0 Å². The molecule has 0 saturated heterocycles. The van der Waals surface area contributed by atoms with Gasteiger partial charge in [-0.05, 0) is 49.7 Å². The highest BCUT2D eigenvalue weighted by atomic mass is 16.5. The molecule has 2 aromatic rings. The van der Waals surface area contributed by atoms with E-state index in [9.17, 15) is 4.79 Å². The van der Waals surface area contributed by atoms with Gasteiger partial charge in [0, 0.05) is 16.9 Å². The molecule has 1 heterocycles. The van der Waals surface area contributed by atoms with Crippen LogP contribution < -0.4 is 15.8 Å². The number of nitrogen functional groups attached to an aromatic ring is 1. The number of nitrogens with one attached hydrogen (secondary N) is 1. The van der Waals surface area contributed by atoms with Gasteiger partial charge >= 0.3 is 0 Å². The summed E-state index contributed by atoms with van der Waals surface area (Å²) >= 11 is 0. The maximum absolute atomic E-state index is 12.2. The van der Waals surface area contributed by atoms with Crippen LogP contribution in [-0.4, -0.2) is 18.0 Å². The summed E-state index contributed by atoms with van der Waals surface area (Å²) < 4.78 is 5.18. The zero-order chi connectivity index (χ0) is 14.7. The lowest BCUT2D eigenvalue weighted by atomic mass is 10.1. The summed E-state index contributed by atoms with van der Waals surface area (Å²) in [4.78, 5) is 16.2. The highest BCUT2D eigenvalue weighted by Crippen LogP contribution is 2.22. The molecule has 0 spiro atoms. The first-order valence-electron chi connectivity index (χ1n) is 6.20. The lowest BCUT2D eigenvalue weighted by Gasteiger charge is -2.09. The van der Waals surface area contributed by atoms with Crippen LogP contribution in [0, 0.1) is 13.8 Å². The number of hydrogen-bond acceptors (Lipinski definition) is 4. The van der Waals surface area contributed by atoms with Gasteiger partial charge in [0.05, 0.1) is 7.11 Å². The minimum atomic E-state index is -0.216. The average molecular weight is 271 g/mol. The Balaban J connectivity index is 2.21. The molecule has 0 fully saturated rings. The molecule has 0 bridgehead atoms. The standard InChI is InChI=1S/C15H17N3O2/c1-9-6-12(4-5-13(9)20-3)18-15(19)11-7-10(2)17-14(16)8-11/h4-8H,1-3H3,(H2,16,17)(H,18,19). The van der Waals surface area contributed by atoms with Crippen LogP contribution in [0.1, 0.15) is 21.6 Å². The van der Waals surface area contributed by atoms with Crippen molar-refractivity contribution in [1.82, 2.24) is 4.98 Å². The Morgan fingerprint density at radius 1 is 1.25 bits per heavy atom. The van der Waals surface area contributed by atoms with Crippen LogP contribution in [0.3, 0.4) is 0 Å². The molecule has 104 valence electrons. The topological polar surface area (TPSA) is 77.2 Å². The van der Waals surface area contributed by atoms with Crippen LogP contribution in [-0.2, 0) is 0 Å². The highest BCUT2D eigenvalue weighted by Gasteiger charge is 2.09. The molecule has 1 amide bonds. The summed E-state index contributed by atoms with van der Waals surface area (Å²) in [5, 5.41) is 2.83. The first-order valence-corrected chi connectivity index (χ1v) is 6.20. The molecular formula is C15H17N3O2. The fourth-order valence-electron chi connectivity index (χ4n) is 1.98. The summed E-state index contributed by atoms with van der Waals surface area (Å²) in [6.45, 7) is 3.72. The second-order valence-electron chi connectivity index (χ2n) is 4.56. The van der Waals surface area contributed by atoms with E-state index in [1.807, 2.05) is 19.1 Å². The number of ether oxygens (including phenoxy) is 1. The number of nitrogens with two attached hydrogens (primary N) is 1. The van der Waals surface area contributed by atoms with E-state index in [2.05, 4.69) is 10.3 Å². The SMILES string of the molecule is COc1ccc(NC(=O)c2cc(C)nc(N)c2)cc1C. The van der Waals surface area contributed by atoms with Gasteiger partial charge in [-0.25, -0.2) is 4.98 Å². The lowest BCUT2D eigenvalue weighted by molar-refractivity contribution is 0.102. The summed E-state index contributed by atoms with van der Waals surface area (Å²) in [6.07, 6.45) is 0. The third-order valence-electron chi connectivity index (χ3n) is 2.89. The second kappa shape index (κ2) is 5.61. The van der Waals surface area contributed by atoms with Gasteiger partial charge in [0.2, 0.25) is 0 Å². The molecule has 0 aliphatic carbocycles. The number of anilines is 2. The van der Waals surface area contributed by atoms with Crippen LogP contribution in [0.15, 0.2) is 30.3 Å². The van der Waals surface area contributed by atoms with Crippen molar-refractivity contribution in [3.05, 3.63) is 47.2 Å². The molecule has 5 nitrogen and oxygen atoms in total. The summed E-state index contributed by atoms with van der Waals surface area (Å²) in [7, 11) is 1.61. The number of carbonyl (C=O) groups excluding carboxylic acids is 1. The monoisotopic (exact) mass is 271 g/mol. The quantitative estimate of drug-likeness (QED) is 0.899. The molecule has 0 atom stereocenters. The van der Waals surface area contributed by atoms with E-state index in [4.69, 9.17) is 10.5 Å². The van der Waals surface area contributed by atoms with Crippen molar-refractivity contribution in [2.75, 3.05) is 18.2 Å². The first kappa shape index (κ1) is 13.9. The summed E-state index contributed by atoms with van der Waals surface area (Å²) in [6, 6.07) is 8.72. The van der Waals surface area contributed by atoms with Crippen molar-refractivity contribution < 1.29 is 9.53 Å². The zero-order valence-corrected chi connectivity index (χ0v) is 11.7. The molecule has 1 aromatic carbocycles. The van der Waals surface area contributed by atoms with Crippen molar-refractivity contribution in [2.24, 2.45) is 0 Å². The molecule has 5 heteroatoms. The summed E-state index contributed by atoms with van der Waals surface area (Å²) in [5.41, 5.74) is 8.51. The van der Waals surface area contributed by atoms with E-state index in [1.165, 1.54) is 0 Å². The number of aromatic nitrogens is 1. The van der Waals surface area contributed by atoms with E-state index >= 15 is 0 Å². The molecule has 0 unspecified atom stereocenters. The number of hydrogen-bond donors (Lipinski definition) is 2. The van der Waals surface area contributed by atoms with Gasteiger partial charge < -0.3 is 15.8 Å². The Hall–Kier alpha value is -2.56. The van der Waals surface area contributed by atoms with Crippen LogP contribution in [0.2, 0.25) is 0 Å². The predicted octanol–water partition coefficient (Wildman–Crippen LogP) is 2.54. The van der Waals surface area contributed by atoms with Gasteiger partial charge in [-0.15, -0.1) is 0 Å². The lowest BCUT2D eigenvalue weighted by Crippen LogP contribution is -2.13. The maximum Gasteiger partial charge on any atom is 0.255 e. The number of amides is 1. The molecule has 3 N–H and O–H groups in total. The normalized spacial score (nSPS) is 10.2. The number of carbonyl (C=O) groups is 1.